The third-order valence-electron chi connectivity index (χ3n) is 3.81. The van der Waals surface area contributed by atoms with Gasteiger partial charge in [0.05, 0.1) is 11.8 Å². The minimum atomic E-state index is -0.0978. The number of nitrogens with one attached hydrogen (secondary N) is 1. The topological polar surface area (TPSA) is 56.0 Å². The maximum absolute atomic E-state index is 12.2. The first-order valence-corrected chi connectivity index (χ1v) is 8.72. The zero-order valence-electron chi connectivity index (χ0n) is 13.3. The van der Waals surface area contributed by atoms with E-state index < -0.39 is 0 Å². The van der Waals surface area contributed by atoms with Gasteiger partial charge in [-0.05, 0) is 41.1 Å². The first-order chi connectivity index (χ1) is 11.6. The maximum Gasteiger partial charge on any atom is 0.251 e. The van der Waals surface area contributed by atoms with Crippen LogP contribution < -0.4 is 10.0 Å². The lowest BCUT2D eigenvalue weighted by molar-refractivity contribution is -0.645. The molecule has 0 spiro atoms. The summed E-state index contributed by atoms with van der Waals surface area (Å²) in [6.45, 7) is 1.97. The van der Waals surface area contributed by atoms with Crippen LogP contribution >= 0.6 is 11.8 Å². The number of hydrogen-bond acceptors (Lipinski definition) is 3. The Morgan fingerprint density at radius 2 is 1.88 bits per heavy atom. The third-order valence-corrected chi connectivity index (χ3v) is 4.83. The van der Waals surface area contributed by atoms with Gasteiger partial charge in [0.2, 0.25) is 5.91 Å². The molecule has 1 amide bonds. The number of benzene rings is 2. The number of thioether (sulfide) groups is 1. The van der Waals surface area contributed by atoms with Gasteiger partial charge in [-0.2, -0.15) is 4.73 Å². The second-order valence-corrected chi connectivity index (χ2v) is 6.51. The summed E-state index contributed by atoms with van der Waals surface area (Å²) in [4.78, 5) is 12.2. The molecule has 2 aromatic carbocycles. The Kier molecular flexibility index (Phi) is 5.01. The van der Waals surface area contributed by atoms with Crippen molar-refractivity contribution < 1.29 is 9.52 Å². The number of rotatable bonds is 5. The second kappa shape index (κ2) is 7.36. The van der Waals surface area contributed by atoms with Gasteiger partial charge in [0.25, 0.3) is 5.03 Å². The Morgan fingerprint density at radius 3 is 2.71 bits per heavy atom. The number of aromatic nitrogens is 1. The highest BCUT2D eigenvalue weighted by molar-refractivity contribution is 7.99. The molecule has 0 bridgehead atoms. The lowest BCUT2D eigenvalue weighted by Crippen LogP contribution is -2.31. The molecule has 0 aliphatic rings. The van der Waals surface area contributed by atoms with Crippen molar-refractivity contribution >= 4 is 28.4 Å². The molecule has 0 saturated carbocycles. The summed E-state index contributed by atoms with van der Waals surface area (Å²) >= 11 is 1.23. The number of amides is 1. The van der Waals surface area contributed by atoms with Crippen molar-refractivity contribution in [2.24, 2.45) is 0 Å². The monoisotopic (exact) mass is 338 g/mol. The van der Waals surface area contributed by atoms with Crippen LogP contribution in [0.2, 0.25) is 0 Å². The van der Waals surface area contributed by atoms with E-state index in [0.29, 0.717) is 5.03 Å². The van der Waals surface area contributed by atoms with Gasteiger partial charge in [0.15, 0.2) is 6.20 Å². The SMILES string of the molecule is CC(NC(=O)CSc1cccc[n+]1[O-])c1cccc2ccccc12. The van der Waals surface area contributed by atoms with Gasteiger partial charge in [-0.3, -0.25) is 4.79 Å². The van der Waals surface area contributed by atoms with Crippen LogP contribution in [0.5, 0.6) is 0 Å². The molecule has 1 atom stereocenters. The molecule has 1 unspecified atom stereocenters. The van der Waals surface area contributed by atoms with Crippen LogP contribution in [-0.2, 0) is 4.79 Å². The van der Waals surface area contributed by atoms with Crippen LogP contribution in [0.1, 0.15) is 18.5 Å². The van der Waals surface area contributed by atoms with Crippen molar-refractivity contribution in [3.63, 3.8) is 0 Å². The fraction of sp³-hybridized carbons (Fsp3) is 0.158. The average Bonchev–Trinajstić information content (AvgIpc) is 2.60. The Labute approximate surface area is 145 Å². The van der Waals surface area contributed by atoms with Crippen molar-refractivity contribution in [1.29, 1.82) is 0 Å². The Morgan fingerprint density at radius 1 is 1.12 bits per heavy atom. The summed E-state index contributed by atoms with van der Waals surface area (Å²) in [6.07, 6.45) is 1.43. The molecule has 0 aliphatic heterocycles. The van der Waals surface area contributed by atoms with Gasteiger partial charge in [-0.1, -0.05) is 42.5 Å². The number of fused-ring (bicyclic) bond motifs is 1. The number of pyridine rings is 1. The largest absolute Gasteiger partial charge is 0.618 e. The van der Waals surface area contributed by atoms with Crippen LogP contribution in [0.15, 0.2) is 71.9 Å². The summed E-state index contributed by atoms with van der Waals surface area (Å²) < 4.78 is 0.770. The van der Waals surface area contributed by atoms with E-state index in [1.807, 2.05) is 31.2 Å². The van der Waals surface area contributed by atoms with Gasteiger partial charge in [-0.15, -0.1) is 0 Å². The quantitative estimate of drug-likeness (QED) is 0.440. The highest BCUT2D eigenvalue weighted by Gasteiger charge is 2.14. The van der Waals surface area contributed by atoms with Gasteiger partial charge in [0.1, 0.15) is 0 Å². The Bertz CT molecular complexity index is 861. The van der Waals surface area contributed by atoms with Crippen LogP contribution in [0.3, 0.4) is 0 Å². The van der Waals surface area contributed by atoms with Crippen LogP contribution in [-0.4, -0.2) is 11.7 Å². The molecular weight excluding hydrogens is 320 g/mol. The van der Waals surface area contributed by atoms with E-state index in [1.165, 1.54) is 18.0 Å². The lowest BCUT2D eigenvalue weighted by Gasteiger charge is -2.16. The van der Waals surface area contributed by atoms with Gasteiger partial charge >= 0.3 is 0 Å². The molecular formula is C19H18N2O2S. The lowest BCUT2D eigenvalue weighted by atomic mass is 10.00. The molecule has 3 rings (SSSR count). The summed E-state index contributed by atoms with van der Waals surface area (Å²) in [5.41, 5.74) is 1.09. The number of carbonyl (C=O) groups is 1. The summed E-state index contributed by atoms with van der Waals surface area (Å²) in [7, 11) is 0. The van der Waals surface area contributed by atoms with Crippen LogP contribution in [0.4, 0.5) is 0 Å². The van der Waals surface area contributed by atoms with Gasteiger partial charge < -0.3 is 10.5 Å². The highest BCUT2D eigenvalue weighted by atomic mass is 32.2. The standard InChI is InChI=1S/C19H18N2O2S/c1-14(16-10-6-8-15-7-2-3-9-17(15)16)20-18(22)13-24-19-11-4-5-12-21(19)23/h2-12,14H,13H2,1H3,(H,20,22). The van der Waals surface area contributed by atoms with E-state index in [0.717, 1.165) is 21.1 Å². The molecule has 1 N–H and O–H groups in total. The predicted molar refractivity (Wildman–Crippen MR) is 96.6 cm³/mol. The van der Waals surface area contributed by atoms with E-state index in [9.17, 15) is 10.0 Å². The molecule has 0 fully saturated rings. The zero-order valence-corrected chi connectivity index (χ0v) is 14.1. The molecule has 5 heteroatoms. The summed E-state index contributed by atoms with van der Waals surface area (Å²) in [6, 6.07) is 19.3. The molecule has 1 heterocycles. The predicted octanol–water partition coefficient (Wildman–Crippen LogP) is 3.44. The minimum absolute atomic E-state index is 0.0933. The second-order valence-electron chi connectivity index (χ2n) is 5.51. The average molecular weight is 338 g/mol. The number of carbonyl (C=O) groups excluding carboxylic acids is 1. The van der Waals surface area contributed by atoms with Gasteiger partial charge in [0, 0.05) is 12.1 Å². The van der Waals surface area contributed by atoms with Crippen molar-refractivity contribution in [2.45, 2.75) is 18.0 Å². The number of hydrogen-bond donors (Lipinski definition) is 1. The smallest absolute Gasteiger partial charge is 0.251 e. The first kappa shape index (κ1) is 16.3. The molecule has 122 valence electrons. The van der Waals surface area contributed by atoms with E-state index in [2.05, 4.69) is 23.5 Å². The van der Waals surface area contributed by atoms with Crippen LogP contribution in [0, 0.1) is 5.21 Å². The molecule has 0 aliphatic carbocycles. The van der Waals surface area contributed by atoms with Crippen molar-refractivity contribution in [2.75, 3.05) is 5.75 Å². The first-order valence-electron chi connectivity index (χ1n) is 7.73. The Hall–Kier alpha value is -2.53. The summed E-state index contributed by atoms with van der Waals surface area (Å²) in [5.74, 6) is 0.116. The molecule has 24 heavy (non-hydrogen) atoms. The molecule has 0 radical (unpaired) electrons. The molecule has 4 nitrogen and oxygen atoms in total. The Balaban J connectivity index is 1.67. The van der Waals surface area contributed by atoms with Gasteiger partial charge in [-0.25, -0.2) is 0 Å². The zero-order chi connectivity index (χ0) is 16.9. The van der Waals surface area contributed by atoms with E-state index in [-0.39, 0.29) is 17.7 Å². The molecule has 3 aromatic rings. The summed E-state index contributed by atoms with van der Waals surface area (Å²) in [5, 5.41) is 17.4. The fourth-order valence-corrected chi connectivity index (χ4v) is 3.38. The van der Waals surface area contributed by atoms with Crippen LogP contribution in [0.25, 0.3) is 10.8 Å². The maximum atomic E-state index is 12.2. The van der Waals surface area contributed by atoms with Crippen molar-refractivity contribution in [3.05, 3.63) is 77.6 Å². The van der Waals surface area contributed by atoms with Crippen molar-refractivity contribution in [1.82, 2.24) is 5.32 Å². The van der Waals surface area contributed by atoms with E-state index >= 15 is 0 Å². The van der Waals surface area contributed by atoms with Crippen molar-refractivity contribution in [3.8, 4) is 0 Å². The molecule has 1 aromatic heterocycles. The third kappa shape index (κ3) is 3.68. The fourth-order valence-electron chi connectivity index (χ4n) is 2.65. The van der Waals surface area contributed by atoms with E-state index in [4.69, 9.17) is 0 Å². The molecule has 0 saturated heterocycles. The highest BCUT2D eigenvalue weighted by Crippen LogP contribution is 2.24. The minimum Gasteiger partial charge on any atom is -0.618 e. The number of nitrogens with zero attached hydrogens (tertiary/aromatic N) is 1. The normalized spacial score (nSPS) is 12.0. The van der Waals surface area contributed by atoms with E-state index in [1.54, 1.807) is 18.2 Å².